The van der Waals surface area contributed by atoms with E-state index in [-0.39, 0.29) is 11.2 Å². The Balaban J connectivity index is 3.74. The highest BCUT2D eigenvalue weighted by atomic mass is 32.2. The number of thioether (sulfide) groups is 1. The van der Waals surface area contributed by atoms with E-state index >= 15 is 0 Å². The van der Waals surface area contributed by atoms with Crippen LogP contribution in [0.2, 0.25) is 0 Å². The van der Waals surface area contributed by atoms with Gasteiger partial charge >= 0.3 is 5.97 Å². The van der Waals surface area contributed by atoms with Crippen LogP contribution in [0.25, 0.3) is 0 Å². The first-order chi connectivity index (χ1) is 13.8. The molecule has 1 atom stereocenters. The molecule has 0 heterocycles. The Kier molecular flexibility index (Phi) is 20.2. The Bertz CT molecular complexity index is 539. The molecule has 0 N–H and O–H groups in total. The van der Waals surface area contributed by atoms with Crippen LogP contribution in [0.5, 0.6) is 0 Å². The zero-order chi connectivity index (χ0) is 20.7. The Morgan fingerprint density at radius 3 is 1.46 bits per heavy atom. The van der Waals surface area contributed by atoms with Gasteiger partial charge in [-0.05, 0) is 58.1 Å². The fourth-order valence-corrected chi connectivity index (χ4v) is 2.83. The second-order valence-corrected chi connectivity index (χ2v) is 7.17. The Hall–Kier alpha value is -1.74. The van der Waals surface area contributed by atoms with Gasteiger partial charge in [0.15, 0.2) is 0 Å². The molecule has 0 aromatic heterocycles. The zero-order valence-electron chi connectivity index (χ0n) is 17.9. The lowest BCUT2D eigenvalue weighted by atomic mass is 10.2. The van der Waals surface area contributed by atoms with Crippen LogP contribution in [0.3, 0.4) is 0 Å². The van der Waals surface area contributed by atoms with Crippen LogP contribution < -0.4 is 0 Å². The Labute approximate surface area is 177 Å². The topological polar surface area (TPSA) is 26.3 Å². The van der Waals surface area contributed by atoms with E-state index in [0.717, 1.165) is 44.9 Å². The molecule has 156 valence electrons. The van der Waals surface area contributed by atoms with Gasteiger partial charge in [-0.15, -0.1) is 11.8 Å². The number of hydrogen-bond acceptors (Lipinski definition) is 3. The average Bonchev–Trinajstić information content (AvgIpc) is 2.70. The molecule has 0 amide bonds. The van der Waals surface area contributed by atoms with Crippen molar-refractivity contribution in [2.75, 3.05) is 12.9 Å². The Morgan fingerprint density at radius 1 is 0.714 bits per heavy atom. The summed E-state index contributed by atoms with van der Waals surface area (Å²) >= 11 is 1.54. The molecule has 3 heteroatoms. The van der Waals surface area contributed by atoms with Crippen LogP contribution in [0.1, 0.15) is 58.8 Å². The molecule has 0 rings (SSSR count). The van der Waals surface area contributed by atoms with Gasteiger partial charge in [-0.25, -0.2) is 0 Å². The number of ether oxygens (including phenoxy) is 1. The quantitative estimate of drug-likeness (QED) is 0.199. The number of carbonyl (C=O) groups is 1. The average molecular weight is 403 g/mol. The van der Waals surface area contributed by atoms with Gasteiger partial charge in [-0.1, -0.05) is 79.8 Å². The smallest absolute Gasteiger partial charge is 0.319 e. The summed E-state index contributed by atoms with van der Waals surface area (Å²) in [6.45, 7) is 4.44. The summed E-state index contributed by atoms with van der Waals surface area (Å²) in [5.74, 6) is -0.116. The van der Waals surface area contributed by atoms with Gasteiger partial charge in [0.25, 0.3) is 0 Å². The van der Waals surface area contributed by atoms with E-state index in [9.17, 15) is 4.79 Å². The lowest BCUT2D eigenvalue weighted by Crippen LogP contribution is -2.19. The summed E-state index contributed by atoms with van der Waals surface area (Å²) in [4.78, 5) is 11.7. The highest BCUT2D eigenvalue weighted by molar-refractivity contribution is 7.99. The molecule has 0 bridgehead atoms. The van der Waals surface area contributed by atoms with Crippen molar-refractivity contribution in [1.82, 2.24) is 0 Å². The molecule has 28 heavy (non-hydrogen) atoms. The number of hydrogen-bond donors (Lipinski definition) is 0. The summed E-state index contributed by atoms with van der Waals surface area (Å²) in [5.41, 5.74) is 0. The van der Waals surface area contributed by atoms with Gasteiger partial charge in [-0.3, -0.25) is 4.79 Å². The fourth-order valence-electron chi connectivity index (χ4n) is 2.27. The lowest BCUT2D eigenvalue weighted by Gasteiger charge is -2.10. The van der Waals surface area contributed by atoms with Crippen molar-refractivity contribution in [2.24, 2.45) is 0 Å². The molecule has 0 radical (unpaired) electrons. The second-order valence-electron chi connectivity index (χ2n) is 6.13. The van der Waals surface area contributed by atoms with Crippen molar-refractivity contribution in [2.45, 2.75) is 64.0 Å². The summed E-state index contributed by atoms with van der Waals surface area (Å²) in [6.07, 6.45) is 34.8. The molecule has 0 aliphatic heterocycles. The van der Waals surface area contributed by atoms with Crippen LogP contribution in [0.4, 0.5) is 0 Å². The second kappa shape index (κ2) is 21.6. The number of carbonyl (C=O) groups excluding carboxylic acids is 1. The maximum absolute atomic E-state index is 11.7. The van der Waals surface area contributed by atoms with Crippen molar-refractivity contribution >= 4 is 17.7 Å². The maximum atomic E-state index is 11.7. The van der Waals surface area contributed by atoms with Gasteiger partial charge in [0.05, 0.1) is 6.61 Å². The SMILES string of the molecule is CC/C=C\C/C=C\C/C=C\C/C=C\C/C=C\C/C=C/CC(SC)C(=O)OCC. The minimum Gasteiger partial charge on any atom is -0.465 e. The Morgan fingerprint density at radius 2 is 1.11 bits per heavy atom. The van der Waals surface area contributed by atoms with E-state index in [4.69, 9.17) is 4.74 Å². The molecule has 0 aliphatic rings. The van der Waals surface area contributed by atoms with E-state index in [0.29, 0.717) is 6.61 Å². The molecule has 0 aromatic rings. The fraction of sp³-hybridized carbons (Fsp3) is 0.480. The normalized spacial score (nSPS) is 14.0. The van der Waals surface area contributed by atoms with Crippen molar-refractivity contribution in [1.29, 1.82) is 0 Å². The monoisotopic (exact) mass is 402 g/mol. The first-order valence-corrected chi connectivity index (χ1v) is 11.6. The number of rotatable bonds is 16. The summed E-state index contributed by atoms with van der Waals surface area (Å²) in [6, 6.07) is 0. The van der Waals surface area contributed by atoms with Crippen molar-refractivity contribution in [3.05, 3.63) is 72.9 Å². The third-order valence-corrected chi connectivity index (χ3v) is 4.73. The summed E-state index contributed by atoms with van der Waals surface area (Å²) in [7, 11) is 0. The molecular weight excluding hydrogens is 364 g/mol. The standard InChI is InChI=1S/C25H38O2S/c1-4-6-7-8-9-10-11-12-13-14-15-16-17-18-19-20-21-22-23-24(28-3)25(26)27-5-2/h6-7,9-10,12-13,15-16,18-19,21-22,24H,4-5,8,11,14,17,20,23H2,1-3H3/b7-6-,10-9-,13-12-,16-15-,19-18-,22-21+. The van der Waals surface area contributed by atoms with Crippen molar-refractivity contribution in [3.63, 3.8) is 0 Å². The first-order valence-electron chi connectivity index (χ1n) is 10.4. The molecule has 1 unspecified atom stereocenters. The molecule has 0 spiro atoms. The van der Waals surface area contributed by atoms with E-state index in [1.54, 1.807) is 11.8 Å². The van der Waals surface area contributed by atoms with Crippen LogP contribution in [0, 0.1) is 0 Å². The highest BCUT2D eigenvalue weighted by Gasteiger charge is 2.16. The third kappa shape index (κ3) is 17.7. The van der Waals surface area contributed by atoms with Gasteiger partial charge in [0.2, 0.25) is 0 Å². The molecule has 0 aromatic carbocycles. The maximum Gasteiger partial charge on any atom is 0.319 e. The molecular formula is C25H38O2S. The van der Waals surface area contributed by atoms with Crippen LogP contribution >= 0.6 is 11.8 Å². The molecule has 0 saturated heterocycles. The van der Waals surface area contributed by atoms with Crippen LogP contribution in [-0.2, 0) is 9.53 Å². The predicted octanol–water partition coefficient (Wildman–Crippen LogP) is 7.37. The number of allylic oxidation sites excluding steroid dienone is 12. The van der Waals surface area contributed by atoms with Gasteiger partial charge in [0.1, 0.15) is 5.25 Å². The number of esters is 1. The van der Waals surface area contributed by atoms with E-state index in [2.05, 4.69) is 79.8 Å². The minimum absolute atomic E-state index is 0.0930. The lowest BCUT2D eigenvalue weighted by molar-refractivity contribution is -0.142. The van der Waals surface area contributed by atoms with Crippen LogP contribution in [-0.4, -0.2) is 24.1 Å². The molecule has 2 nitrogen and oxygen atoms in total. The highest BCUT2D eigenvalue weighted by Crippen LogP contribution is 2.13. The molecule has 0 aliphatic carbocycles. The van der Waals surface area contributed by atoms with E-state index in [1.165, 1.54) is 0 Å². The molecule has 0 fully saturated rings. The van der Waals surface area contributed by atoms with Crippen molar-refractivity contribution in [3.8, 4) is 0 Å². The third-order valence-electron chi connectivity index (χ3n) is 3.78. The van der Waals surface area contributed by atoms with Gasteiger partial charge in [0, 0.05) is 0 Å². The van der Waals surface area contributed by atoms with E-state index < -0.39 is 0 Å². The first kappa shape index (κ1) is 26.3. The predicted molar refractivity (Wildman–Crippen MR) is 127 cm³/mol. The van der Waals surface area contributed by atoms with Crippen LogP contribution in [0.15, 0.2) is 72.9 Å². The largest absolute Gasteiger partial charge is 0.465 e. The van der Waals surface area contributed by atoms with E-state index in [1.807, 2.05) is 13.2 Å². The van der Waals surface area contributed by atoms with Gasteiger partial charge in [-0.2, -0.15) is 0 Å². The molecule has 0 saturated carbocycles. The minimum atomic E-state index is -0.116. The summed E-state index contributed by atoms with van der Waals surface area (Å²) in [5, 5.41) is -0.0930. The zero-order valence-corrected chi connectivity index (χ0v) is 18.7. The van der Waals surface area contributed by atoms with Crippen molar-refractivity contribution < 1.29 is 9.53 Å². The summed E-state index contributed by atoms with van der Waals surface area (Å²) < 4.78 is 5.06. The van der Waals surface area contributed by atoms with Gasteiger partial charge < -0.3 is 4.74 Å².